The Kier molecular flexibility index (Phi) is 3.62. The van der Waals surface area contributed by atoms with Crippen LogP contribution < -0.4 is 11.1 Å². The minimum Gasteiger partial charge on any atom is -0.383 e. The zero-order chi connectivity index (χ0) is 13.1. The van der Waals surface area contributed by atoms with E-state index in [1.54, 1.807) is 6.07 Å². The topological polar surface area (TPSA) is 63.8 Å². The van der Waals surface area contributed by atoms with E-state index in [0.29, 0.717) is 28.8 Å². The number of nitrogens with zero attached hydrogens (tertiary/aromatic N) is 2. The van der Waals surface area contributed by atoms with Gasteiger partial charge in [-0.25, -0.2) is 14.4 Å². The minimum atomic E-state index is -0.412. The molecule has 2 aromatic rings. The Bertz CT molecular complexity index is 554. The fourth-order valence-electron chi connectivity index (χ4n) is 1.64. The van der Waals surface area contributed by atoms with Gasteiger partial charge in [0.15, 0.2) is 0 Å². The van der Waals surface area contributed by atoms with Crippen molar-refractivity contribution in [3.05, 3.63) is 40.9 Å². The summed E-state index contributed by atoms with van der Waals surface area (Å²) in [4.78, 5) is 8.01. The van der Waals surface area contributed by atoms with E-state index in [9.17, 15) is 4.39 Å². The molecule has 0 saturated carbocycles. The summed E-state index contributed by atoms with van der Waals surface area (Å²) in [6.45, 7) is 1.94. The highest BCUT2D eigenvalue weighted by Gasteiger charge is 2.08. The number of aromatic nitrogens is 2. The van der Waals surface area contributed by atoms with Gasteiger partial charge in [-0.05, 0) is 24.6 Å². The van der Waals surface area contributed by atoms with Gasteiger partial charge in [0, 0.05) is 16.3 Å². The van der Waals surface area contributed by atoms with Crippen LogP contribution in [0.15, 0.2) is 24.5 Å². The smallest absolute Gasteiger partial charge is 0.139 e. The lowest BCUT2D eigenvalue weighted by atomic mass is 10.2. The lowest BCUT2D eigenvalue weighted by molar-refractivity contribution is 0.628. The van der Waals surface area contributed by atoms with E-state index in [-0.39, 0.29) is 0 Å². The number of benzene rings is 1. The van der Waals surface area contributed by atoms with E-state index >= 15 is 0 Å². The summed E-state index contributed by atoms with van der Waals surface area (Å²) in [7, 11) is 0. The van der Waals surface area contributed by atoms with Crippen LogP contribution in [0.5, 0.6) is 0 Å². The Morgan fingerprint density at radius 3 is 2.78 bits per heavy atom. The van der Waals surface area contributed by atoms with Gasteiger partial charge in [-0.3, -0.25) is 0 Å². The third kappa shape index (κ3) is 2.68. The van der Waals surface area contributed by atoms with Crippen LogP contribution >= 0.6 is 11.6 Å². The van der Waals surface area contributed by atoms with E-state index in [2.05, 4.69) is 15.3 Å². The zero-order valence-corrected chi connectivity index (χ0v) is 10.5. The van der Waals surface area contributed by atoms with Crippen molar-refractivity contribution in [3.63, 3.8) is 0 Å². The number of hydrogen-bond donors (Lipinski definition) is 2. The summed E-state index contributed by atoms with van der Waals surface area (Å²) in [5.74, 6) is 0.564. The number of nitrogens with two attached hydrogens (primary N) is 1. The van der Waals surface area contributed by atoms with Gasteiger partial charge in [0.1, 0.15) is 23.8 Å². The first-order chi connectivity index (χ1) is 8.60. The molecule has 0 aliphatic carbocycles. The molecular formula is C12H12ClFN4. The summed E-state index contributed by atoms with van der Waals surface area (Å²) in [5, 5.41) is 3.31. The number of nitrogen functional groups attached to an aromatic ring is 1. The molecule has 0 unspecified atom stereocenters. The first-order valence-electron chi connectivity index (χ1n) is 5.42. The molecule has 0 aliphatic heterocycles. The third-order valence-electron chi connectivity index (χ3n) is 2.46. The fraction of sp³-hybridized carbons (Fsp3) is 0.167. The molecule has 0 radical (unpaired) electrons. The number of halogens is 2. The van der Waals surface area contributed by atoms with Crippen LogP contribution in [0.3, 0.4) is 0 Å². The summed E-state index contributed by atoms with van der Waals surface area (Å²) in [6, 6.07) is 4.19. The number of anilines is 3. The molecule has 2 rings (SSSR count). The maximum atomic E-state index is 13.2. The van der Waals surface area contributed by atoms with E-state index < -0.39 is 5.82 Å². The number of hydrogen-bond acceptors (Lipinski definition) is 4. The lowest BCUT2D eigenvalue weighted by Crippen LogP contribution is -2.04. The summed E-state index contributed by atoms with van der Waals surface area (Å²) < 4.78 is 13.2. The predicted octanol–water partition coefficient (Wildman–Crippen LogP) is 3.16. The Morgan fingerprint density at radius 1 is 1.33 bits per heavy atom. The van der Waals surface area contributed by atoms with E-state index in [0.717, 1.165) is 5.56 Å². The maximum Gasteiger partial charge on any atom is 0.139 e. The molecule has 0 saturated heterocycles. The molecule has 0 bridgehead atoms. The van der Waals surface area contributed by atoms with E-state index in [1.807, 2.05) is 6.92 Å². The predicted molar refractivity (Wildman–Crippen MR) is 70.5 cm³/mol. The van der Waals surface area contributed by atoms with Crippen LogP contribution in [0, 0.1) is 5.82 Å². The Labute approximate surface area is 109 Å². The van der Waals surface area contributed by atoms with E-state index in [1.165, 1.54) is 18.5 Å². The molecule has 0 atom stereocenters. The quantitative estimate of drug-likeness (QED) is 0.896. The second kappa shape index (κ2) is 5.18. The van der Waals surface area contributed by atoms with Crippen LogP contribution in [0.25, 0.3) is 0 Å². The minimum absolute atomic E-state index is 0.317. The summed E-state index contributed by atoms with van der Waals surface area (Å²) in [6.07, 6.45) is 2.04. The molecule has 1 heterocycles. The Balaban J connectivity index is 2.36. The standard InChI is InChI=1S/C12H12ClFN4/c1-2-10-11(15)16-6-17-12(10)18-9-4-7(13)3-8(14)5-9/h3-6H,2H2,1H3,(H3,15,16,17,18). The van der Waals surface area contributed by atoms with Crippen LogP contribution in [-0.2, 0) is 6.42 Å². The van der Waals surface area contributed by atoms with Crippen LogP contribution in [0.4, 0.5) is 21.7 Å². The SMILES string of the molecule is CCc1c(N)ncnc1Nc1cc(F)cc(Cl)c1. The van der Waals surface area contributed by atoms with Gasteiger partial charge in [-0.1, -0.05) is 18.5 Å². The van der Waals surface area contributed by atoms with Crippen LogP contribution in [0.1, 0.15) is 12.5 Å². The average Bonchev–Trinajstić information content (AvgIpc) is 2.27. The van der Waals surface area contributed by atoms with Crippen molar-refractivity contribution in [1.82, 2.24) is 9.97 Å². The van der Waals surface area contributed by atoms with Gasteiger partial charge >= 0.3 is 0 Å². The molecule has 0 fully saturated rings. The highest BCUT2D eigenvalue weighted by Crippen LogP contribution is 2.24. The summed E-state index contributed by atoms with van der Waals surface area (Å²) >= 11 is 5.78. The highest BCUT2D eigenvalue weighted by atomic mass is 35.5. The molecule has 0 amide bonds. The van der Waals surface area contributed by atoms with Crippen molar-refractivity contribution in [2.24, 2.45) is 0 Å². The van der Waals surface area contributed by atoms with Crippen molar-refractivity contribution in [2.45, 2.75) is 13.3 Å². The van der Waals surface area contributed by atoms with Crippen molar-refractivity contribution in [2.75, 3.05) is 11.1 Å². The van der Waals surface area contributed by atoms with Gasteiger partial charge in [0.05, 0.1) is 0 Å². The van der Waals surface area contributed by atoms with Gasteiger partial charge in [0.25, 0.3) is 0 Å². The fourth-order valence-corrected chi connectivity index (χ4v) is 1.87. The normalized spacial score (nSPS) is 10.4. The largest absolute Gasteiger partial charge is 0.383 e. The number of rotatable bonds is 3. The molecule has 3 N–H and O–H groups in total. The van der Waals surface area contributed by atoms with Gasteiger partial charge in [0.2, 0.25) is 0 Å². The van der Waals surface area contributed by atoms with Gasteiger partial charge in [-0.2, -0.15) is 0 Å². The molecule has 1 aromatic heterocycles. The molecule has 0 spiro atoms. The van der Waals surface area contributed by atoms with Crippen LogP contribution in [-0.4, -0.2) is 9.97 Å². The first-order valence-corrected chi connectivity index (χ1v) is 5.80. The van der Waals surface area contributed by atoms with Gasteiger partial charge in [-0.15, -0.1) is 0 Å². The summed E-state index contributed by atoms with van der Waals surface area (Å²) in [5.41, 5.74) is 7.06. The van der Waals surface area contributed by atoms with Crippen LogP contribution in [0.2, 0.25) is 5.02 Å². The first kappa shape index (κ1) is 12.6. The molecule has 6 heteroatoms. The molecule has 4 nitrogen and oxygen atoms in total. The van der Waals surface area contributed by atoms with Crippen molar-refractivity contribution >= 4 is 28.9 Å². The lowest BCUT2D eigenvalue weighted by Gasteiger charge is -2.11. The molecule has 18 heavy (non-hydrogen) atoms. The van der Waals surface area contributed by atoms with Gasteiger partial charge < -0.3 is 11.1 Å². The third-order valence-corrected chi connectivity index (χ3v) is 2.68. The highest BCUT2D eigenvalue weighted by molar-refractivity contribution is 6.30. The Morgan fingerprint density at radius 2 is 2.11 bits per heavy atom. The zero-order valence-electron chi connectivity index (χ0n) is 9.74. The maximum absolute atomic E-state index is 13.2. The molecular weight excluding hydrogens is 255 g/mol. The second-order valence-electron chi connectivity index (χ2n) is 3.72. The van der Waals surface area contributed by atoms with E-state index in [4.69, 9.17) is 17.3 Å². The van der Waals surface area contributed by atoms with Crippen molar-refractivity contribution in [1.29, 1.82) is 0 Å². The Hall–Kier alpha value is -1.88. The number of nitrogens with one attached hydrogen (secondary N) is 1. The van der Waals surface area contributed by atoms with Crippen molar-refractivity contribution in [3.8, 4) is 0 Å². The average molecular weight is 267 g/mol. The van der Waals surface area contributed by atoms with Crippen molar-refractivity contribution < 1.29 is 4.39 Å². The second-order valence-corrected chi connectivity index (χ2v) is 4.16. The monoisotopic (exact) mass is 266 g/mol. The molecule has 94 valence electrons. The molecule has 0 aliphatic rings. The molecule has 1 aromatic carbocycles.